The predicted octanol–water partition coefficient (Wildman–Crippen LogP) is 1.56. The van der Waals surface area contributed by atoms with Gasteiger partial charge in [-0.25, -0.2) is 0 Å². The third-order valence-electron chi connectivity index (χ3n) is 2.25. The minimum atomic E-state index is -0.760. The van der Waals surface area contributed by atoms with Crippen LogP contribution in [0.25, 0.3) is 0 Å². The molecule has 1 aromatic carbocycles. The van der Waals surface area contributed by atoms with Crippen molar-refractivity contribution in [3.63, 3.8) is 0 Å². The van der Waals surface area contributed by atoms with E-state index in [0.717, 1.165) is 0 Å². The average Bonchev–Trinajstić information content (AvgIpc) is 2.58. The number of halogens is 2. The minimum Gasteiger partial charge on any atom is -0.327 e. The van der Waals surface area contributed by atoms with Crippen molar-refractivity contribution in [2.45, 2.75) is 6.17 Å². The van der Waals surface area contributed by atoms with Gasteiger partial charge in [-0.2, -0.15) is 0 Å². The summed E-state index contributed by atoms with van der Waals surface area (Å²) in [5.41, 5.74) is 0.481. The first-order chi connectivity index (χ1) is 8.09. The van der Waals surface area contributed by atoms with Crippen molar-refractivity contribution in [2.75, 3.05) is 0 Å². The smallest absolute Gasteiger partial charge is 0.266 e. The highest BCUT2D eigenvalue weighted by Crippen LogP contribution is 2.22. The van der Waals surface area contributed by atoms with Gasteiger partial charge in [0.15, 0.2) is 0 Å². The van der Waals surface area contributed by atoms with E-state index in [1.54, 1.807) is 30.3 Å². The molecule has 1 aliphatic rings. The molecule has 17 heavy (non-hydrogen) atoms. The van der Waals surface area contributed by atoms with Gasteiger partial charge < -0.3 is 10.6 Å². The number of carbonyl (C=O) groups excluding carboxylic acids is 2. The molecule has 0 aliphatic carbocycles. The quantitative estimate of drug-likeness (QED) is 0.857. The summed E-state index contributed by atoms with van der Waals surface area (Å²) in [5.74, 6) is -0.824. The summed E-state index contributed by atoms with van der Waals surface area (Å²) < 4.78 is 0. The van der Waals surface area contributed by atoms with Crippen LogP contribution in [0.5, 0.6) is 0 Å². The monoisotopic (exact) mass is 270 g/mol. The van der Waals surface area contributed by atoms with Crippen LogP contribution in [0.3, 0.4) is 0 Å². The van der Waals surface area contributed by atoms with Crippen molar-refractivity contribution in [3.05, 3.63) is 46.0 Å². The summed E-state index contributed by atoms with van der Waals surface area (Å²) in [7, 11) is 0. The molecular weight excluding hydrogens is 263 g/mol. The zero-order valence-electron chi connectivity index (χ0n) is 8.54. The highest BCUT2D eigenvalue weighted by atomic mass is 35.5. The van der Waals surface area contributed by atoms with Crippen molar-refractivity contribution in [1.29, 1.82) is 0 Å². The third kappa shape index (κ3) is 2.43. The molecule has 2 N–H and O–H groups in total. The maximum atomic E-state index is 11.8. The highest BCUT2D eigenvalue weighted by Gasteiger charge is 2.30. The van der Waals surface area contributed by atoms with Gasteiger partial charge in [0.2, 0.25) is 0 Å². The largest absolute Gasteiger partial charge is 0.327 e. The normalized spacial score (nSPS) is 19.2. The van der Waals surface area contributed by atoms with Crippen LogP contribution in [0, 0.1) is 0 Å². The molecule has 0 bridgehead atoms. The molecule has 0 fully saturated rings. The molecule has 0 radical (unpaired) electrons. The van der Waals surface area contributed by atoms with E-state index < -0.39 is 12.1 Å². The van der Waals surface area contributed by atoms with Crippen LogP contribution in [0.1, 0.15) is 10.4 Å². The standard InChI is InChI=1S/C11H8Cl2N2O2/c12-7-8(13)11(17)15-9(7)14-10(16)6-4-2-1-3-5-6/h1-5,9H,(H,14,16)(H,15,17)/t9-/m1/s1. The lowest BCUT2D eigenvalue weighted by molar-refractivity contribution is -0.116. The van der Waals surface area contributed by atoms with E-state index in [0.29, 0.717) is 5.56 Å². The van der Waals surface area contributed by atoms with Crippen molar-refractivity contribution in [1.82, 2.24) is 10.6 Å². The molecule has 88 valence electrons. The first-order valence-electron chi connectivity index (χ1n) is 4.81. The van der Waals surface area contributed by atoms with Crippen molar-refractivity contribution >= 4 is 35.0 Å². The molecular formula is C11H8Cl2N2O2. The van der Waals surface area contributed by atoms with Gasteiger partial charge in [0.25, 0.3) is 11.8 Å². The Hall–Kier alpha value is -1.52. The Kier molecular flexibility index (Phi) is 3.36. The number of amides is 2. The van der Waals surface area contributed by atoms with Gasteiger partial charge in [0.1, 0.15) is 11.2 Å². The van der Waals surface area contributed by atoms with Crippen molar-refractivity contribution in [2.24, 2.45) is 0 Å². The number of hydrogen-bond acceptors (Lipinski definition) is 2. The van der Waals surface area contributed by atoms with Gasteiger partial charge in [-0.3, -0.25) is 9.59 Å². The second kappa shape index (κ2) is 4.77. The maximum absolute atomic E-state index is 11.8. The molecule has 0 saturated carbocycles. The number of hydrogen-bond donors (Lipinski definition) is 2. The SMILES string of the molecule is O=C1N[C@@H](NC(=O)c2ccccc2)C(Cl)=C1Cl. The van der Waals surface area contributed by atoms with Gasteiger partial charge in [0, 0.05) is 5.56 Å². The lowest BCUT2D eigenvalue weighted by Gasteiger charge is -2.13. The van der Waals surface area contributed by atoms with E-state index in [4.69, 9.17) is 23.2 Å². The van der Waals surface area contributed by atoms with Crippen LogP contribution in [0.2, 0.25) is 0 Å². The molecule has 0 aromatic heterocycles. The summed E-state index contributed by atoms with van der Waals surface area (Å²) in [6.45, 7) is 0. The number of nitrogens with one attached hydrogen (secondary N) is 2. The Morgan fingerprint density at radius 1 is 1.24 bits per heavy atom. The Morgan fingerprint density at radius 3 is 2.41 bits per heavy atom. The molecule has 1 heterocycles. The first kappa shape index (κ1) is 12.0. The Balaban J connectivity index is 2.09. The van der Waals surface area contributed by atoms with E-state index in [9.17, 15) is 9.59 Å². The topological polar surface area (TPSA) is 58.2 Å². The van der Waals surface area contributed by atoms with Crippen LogP contribution in [0.4, 0.5) is 0 Å². The van der Waals surface area contributed by atoms with E-state index in [1.807, 2.05) is 0 Å². The van der Waals surface area contributed by atoms with Crippen LogP contribution >= 0.6 is 23.2 Å². The molecule has 0 saturated heterocycles. The van der Waals surface area contributed by atoms with Crippen molar-refractivity contribution < 1.29 is 9.59 Å². The molecule has 0 spiro atoms. The van der Waals surface area contributed by atoms with Crippen LogP contribution in [-0.4, -0.2) is 18.0 Å². The maximum Gasteiger partial charge on any atom is 0.266 e. The summed E-state index contributed by atoms with van der Waals surface area (Å²) in [5, 5.41) is 5.01. The number of rotatable bonds is 2. The van der Waals surface area contributed by atoms with Crippen LogP contribution < -0.4 is 10.6 Å². The fraction of sp³-hybridized carbons (Fsp3) is 0.0909. The Morgan fingerprint density at radius 2 is 1.88 bits per heavy atom. The fourth-order valence-electron chi connectivity index (χ4n) is 1.40. The zero-order chi connectivity index (χ0) is 12.4. The molecule has 2 rings (SSSR count). The van der Waals surface area contributed by atoms with Crippen LogP contribution in [0.15, 0.2) is 40.4 Å². The Labute approximate surface area is 108 Å². The third-order valence-corrected chi connectivity index (χ3v) is 3.13. The summed E-state index contributed by atoms with van der Waals surface area (Å²) in [4.78, 5) is 22.9. The molecule has 4 nitrogen and oxygen atoms in total. The van der Waals surface area contributed by atoms with Gasteiger partial charge in [-0.1, -0.05) is 41.4 Å². The fourth-order valence-corrected chi connectivity index (χ4v) is 1.75. The van der Waals surface area contributed by atoms with Gasteiger partial charge >= 0.3 is 0 Å². The number of carbonyl (C=O) groups is 2. The van der Waals surface area contributed by atoms with Crippen molar-refractivity contribution in [3.8, 4) is 0 Å². The first-order valence-corrected chi connectivity index (χ1v) is 5.57. The molecule has 1 atom stereocenters. The van der Waals surface area contributed by atoms with Gasteiger partial charge in [-0.15, -0.1) is 0 Å². The summed E-state index contributed by atoms with van der Waals surface area (Å²) >= 11 is 11.4. The predicted molar refractivity (Wildman–Crippen MR) is 64.6 cm³/mol. The van der Waals surface area contributed by atoms with E-state index in [-0.39, 0.29) is 16.0 Å². The van der Waals surface area contributed by atoms with Crippen LogP contribution in [-0.2, 0) is 4.79 Å². The number of benzene rings is 1. The molecule has 2 amide bonds. The molecule has 6 heteroatoms. The van der Waals surface area contributed by atoms with E-state index in [2.05, 4.69) is 10.6 Å². The zero-order valence-corrected chi connectivity index (χ0v) is 10.0. The summed E-state index contributed by atoms with van der Waals surface area (Å²) in [6, 6.07) is 8.60. The molecule has 0 unspecified atom stereocenters. The van der Waals surface area contributed by atoms with Gasteiger partial charge in [-0.05, 0) is 12.1 Å². The van der Waals surface area contributed by atoms with E-state index in [1.165, 1.54) is 0 Å². The minimum absolute atomic E-state index is 0.0926. The Bertz CT molecular complexity index is 499. The summed E-state index contributed by atoms with van der Waals surface area (Å²) in [6.07, 6.45) is -0.760. The lowest BCUT2D eigenvalue weighted by atomic mass is 10.2. The molecule has 1 aromatic rings. The average molecular weight is 271 g/mol. The van der Waals surface area contributed by atoms with Gasteiger partial charge in [0.05, 0.1) is 5.03 Å². The second-order valence-corrected chi connectivity index (χ2v) is 4.19. The highest BCUT2D eigenvalue weighted by molar-refractivity contribution is 6.49. The lowest BCUT2D eigenvalue weighted by Crippen LogP contribution is -2.44. The van der Waals surface area contributed by atoms with E-state index >= 15 is 0 Å². The molecule has 1 aliphatic heterocycles. The second-order valence-electron chi connectivity index (χ2n) is 3.41.